The molecule has 7 nitrogen and oxygen atoms in total. The number of nitrogens with one attached hydrogen (secondary N) is 2. The summed E-state index contributed by atoms with van der Waals surface area (Å²) in [5.41, 5.74) is 3.03. The Morgan fingerprint density at radius 3 is 2.58 bits per heavy atom. The molecule has 2 heterocycles. The highest BCUT2D eigenvalue weighted by molar-refractivity contribution is 6.08. The first-order valence-electron chi connectivity index (χ1n) is 10.5. The molecule has 0 aliphatic heterocycles. The van der Waals surface area contributed by atoms with Gasteiger partial charge in [0.25, 0.3) is 11.8 Å². The number of ether oxygens (including phenoxy) is 1. The van der Waals surface area contributed by atoms with Crippen LogP contribution in [0.5, 0.6) is 5.75 Å². The normalized spacial score (nSPS) is 10.9. The predicted molar refractivity (Wildman–Crippen MR) is 121 cm³/mol. The van der Waals surface area contributed by atoms with Gasteiger partial charge in [-0.15, -0.1) is 0 Å². The molecule has 33 heavy (non-hydrogen) atoms. The third kappa shape index (κ3) is 5.06. The molecular weight excluding hydrogens is 425 g/mol. The van der Waals surface area contributed by atoms with Gasteiger partial charge >= 0.3 is 0 Å². The van der Waals surface area contributed by atoms with Crippen molar-refractivity contribution in [3.8, 4) is 5.75 Å². The molecule has 0 atom stereocenters. The number of hydrogen-bond acceptors (Lipinski definition) is 4. The summed E-state index contributed by atoms with van der Waals surface area (Å²) in [5, 5.41) is 6.35. The van der Waals surface area contributed by atoms with Gasteiger partial charge in [0.1, 0.15) is 17.3 Å². The number of hydrogen-bond donors (Lipinski definition) is 2. The number of carbonyl (C=O) groups is 2. The van der Waals surface area contributed by atoms with Crippen LogP contribution in [-0.4, -0.2) is 23.0 Å². The van der Waals surface area contributed by atoms with Crippen molar-refractivity contribution in [2.24, 2.45) is 7.05 Å². The zero-order chi connectivity index (χ0) is 23.4. The van der Waals surface area contributed by atoms with Gasteiger partial charge in [0.15, 0.2) is 6.61 Å². The van der Waals surface area contributed by atoms with Gasteiger partial charge in [-0.1, -0.05) is 12.1 Å². The molecule has 2 aromatic heterocycles. The second kappa shape index (κ2) is 9.60. The Morgan fingerprint density at radius 2 is 1.85 bits per heavy atom. The van der Waals surface area contributed by atoms with E-state index in [0.29, 0.717) is 17.1 Å². The first-order valence-corrected chi connectivity index (χ1v) is 10.5. The van der Waals surface area contributed by atoms with Crippen LogP contribution in [0.2, 0.25) is 0 Å². The molecule has 170 valence electrons. The number of aromatic nitrogens is 1. The van der Waals surface area contributed by atoms with Crippen molar-refractivity contribution < 1.29 is 23.1 Å². The number of nitrogens with zero attached hydrogens (tertiary/aromatic N) is 1. The summed E-state index contributed by atoms with van der Waals surface area (Å²) in [6.07, 6.45) is 1.56. The lowest BCUT2D eigenvalue weighted by Crippen LogP contribution is -2.28. The van der Waals surface area contributed by atoms with E-state index < -0.39 is 0 Å². The van der Waals surface area contributed by atoms with Crippen LogP contribution in [0.25, 0.3) is 10.9 Å². The minimum Gasteiger partial charge on any atom is -0.484 e. The molecular formula is C25H24FN3O4. The van der Waals surface area contributed by atoms with Crippen LogP contribution < -0.4 is 15.4 Å². The predicted octanol–water partition coefficient (Wildman–Crippen LogP) is 3.84. The average molecular weight is 449 g/mol. The van der Waals surface area contributed by atoms with E-state index in [4.69, 9.17) is 9.15 Å². The fraction of sp³-hybridized carbons (Fsp3) is 0.200. The SMILES string of the molecule is Cc1c(C(=O)NCc2ccco2)c2cc(OCC(=O)NCc3ccc(F)cc3)ccc2n1C. The minimum absolute atomic E-state index is 0.182. The summed E-state index contributed by atoms with van der Waals surface area (Å²) < 4.78 is 25.9. The molecule has 4 aromatic rings. The van der Waals surface area contributed by atoms with E-state index in [9.17, 15) is 14.0 Å². The lowest BCUT2D eigenvalue weighted by molar-refractivity contribution is -0.123. The Labute approximate surface area is 190 Å². The fourth-order valence-electron chi connectivity index (χ4n) is 3.60. The van der Waals surface area contributed by atoms with Gasteiger partial charge in [0, 0.05) is 30.2 Å². The number of benzene rings is 2. The maximum absolute atomic E-state index is 13.0. The van der Waals surface area contributed by atoms with Gasteiger partial charge in [-0.3, -0.25) is 9.59 Å². The smallest absolute Gasteiger partial charge is 0.258 e. The number of fused-ring (bicyclic) bond motifs is 1. The third-order valence-electron chi connectivity index (χ3n) is 5.47. The van der Waals surface area contributed by atoms with Crippen molar-refractivity contribution in [3.05, 3.63) is 89.3 Å². The average Bonchev–Trinajstić information content (AvgIpc) is 3.42. The lowest BCUT2D eigenvalue weighted by atomic mass is 10.1. The summed E-state index contributed by atoms with van der Waals surface area (Å²) in [6.45, 7) is 2.26. The fourth-order valence-corrected chi connectivity index (χ4v) is 3.60. The molecule has 0 aliphatic rings. The van der Waals surface area contributed by atoms with Crippen LogP contribution in [0.3, 0.4) is 0 Å². The topological polar surface area (TPSA) is 85.5 Å². The van der Waals surface area contributed by atoms with Gasteiger partial charge in [0.2, 0.25) is 0 Å². The van der Waals surface area contributed by atoms with E-state index in [1.54, 1.807) is 42.7 Å². The molecule has 2 amide bonds. The van der Waals surface area contributed by atoms with Gasteiger partial charge in [-0.25, -0.2) is 4.39 Å². The van der Waals surface area contributed by atoms with E-state index in [-0.39, 0.29) is 37.3 Å². The lowest BCUT2D eigenvalue weighted by Gasteiger charge is -2.09. The van der Waals surface area contributed by atoms with Crippen molar-refractivity contribution in [2.45, 2.75) is 20.0 Å². The standard InChI is InChI=1S/C25H24FN3O4/c1-16-24(25(31)28-14-20-4-3-11-32-20)21-12-19(9-10-22(21)29(16)2)33-15-23(30)27-13-17-5-7-18(26)8-6-17/h3-12H,13-15H2,1-2H3,(H,27,30)(H,28,31). The number of aryl methyl sites for hydroxylation is 1. The maximum Gasteiger partial charge on any atom is 0.258 e. The molecule has 4 rings (SSSR count). The molecule has 0 radical (unpaired) electrons. The highest BCUT2D eigenvalue weighted by Crippen LogP contribution is 2.28. The zero-order valence-electron chi connectivity index (χ0n) is 18.4. The van der Waals surface area contributed by atoms with Crippen molar-refractivity contribution >= 4 is 22.7 Å². The third-order valence-corrected chi connectivity index (χ3v) is 5.47. The largest absolute Gasteiger partial charge is 0.484 e. The summed E-state index contributed by atoms with van der Waals surface area (Å²) in [6, 6.07) is 14.9. The quantitative estimate of drug-likeness (QED) is 0.428. The van der Waals surface area contributed by atoms with Crippen molar-refractivity contribution in [2.75, 3.05) is 6.61 Å². The van der Waals surface area contributed by atoms with Gasteiger partial charge in [-0.05, 0) is 55.0 Å². The Morgan fingerprint density at radius 1 is 1.06 bits per heavy atom. The van der Waals surface area contributed by atoms with Crippen LogP contribution in [-0.2, 0) is 24.9 Å². The number of halogens is 1. The highest BCUT2D eigenvalue weighted by Gasteiger charge is 2.19. The van der Waals surface area contributed by atoms with Gasteiger partial charge < -0.3 is 24.4 Å². The molecule has 0 fully saturated rings. The molecule has 0 unspecified atom stereocenters. The van der Waals surface area contributed by atoms with Crippen molar-refractivity contribution in [1.29, 1.82) is 0 Å². The summed E-state index contributed by atoms with van der Waals surface area (Å²) in [4.78, 5) is 25.1. The zero-order valence-corrected chi connectivity index (χ0v) is 18.4. The van der Waals surface area contributed by atoms with E-state index in [2.05, 4.69) is 10.6 Å². The van der Waals surface area contributed by atoms with Crippen LogP contribution in [0.4, 0.5) is 4.39 Å². The first kappa shape index (κ1) is 22.1. The van der Waals surface area contributed by atoms with Crippen molar-refractivity contribution in [3.63, 3.8) is 0 Å². The number of rotatable bonds is 8. The summed E-state index contributed by atoms with van der Waals surface area (Å²) in [5.74, 6) is 0.291. The molecule has 0 saturated carbocycles. The van der Waals surface area contributed by atoms with Crippen LogP contribution in [0.15, 0.2) is 65.3 Å². The number of carbonyl (C=O) groups excluding carboxylic acids is 2. The summed E-state index contributed by atoms with van der Waals surface area (Å²) in [7, 11) is 1.89. The first-order chi connectivity index (χ1) is 15.9. The Bertz CT molecular complexity index is 1280. The molecule has 2 aromatic carbocycles. The van der Waals surface area contributed by atoms with Crippen LogP contribution in [0, 0.1) is 12.7 Å². The molecule has 0 bridgehead atoms. The molecule has 8 heteroatoms. The van der Waals surface area contributed by atoms with Crippen LogP contribution in [0.1, 0.15) is 27.4 Å². The maximum atomic E-state index is 13.0. The molecule has 0 spiro atoms. The van der Waals surface area contributed by atoms with Gasteiger partial charge in [-0.2, -0.15) is 0 Å². The van der Waals surface area contributed by atoms with E-state index >= 15 is 0 Å². The number of amides is 2. The molecule has 0 aliphatic carbocycles. The minimum atomic E-state index is -0.325. The molecule has 0 saturated heterocycles. The Kier molecular flexibility index (Phi) is 6.44. The van der Waals surface area contributed by atoms with E-state index in [1.807, 2.05) is 24.6 Å². The highest BCUT2D eigenvalue weighted by atomic mass is 19.1. The van der Waals surface area contributed by atoms with E-state index in [1.165, 1.54) is 12.1 Å². The summed E-state index contributed by atoms with van der Waals surface area (Å²) >= 11 is 0. The monoisotopic (exact) mass is 449 g/mol. The second-order valence-electron chi connectivity index (χ2n) is 7.65. The Hall–Kier alpha value is -4.07. The number of furan rings is 1. The van der Waals surface area contributed by atoms with Crippen molar-refractivity contribution in [1.82, 2.24) is 15.2 Å². The Balaban J connectivity index is 1.43. The molecule has 2 N–H and O–H groups in total. The van der Waals surface area contributed by atoms with E-state index in [0.717, 1.165) is 22.2 Å². The second-order valence-corrected chi connectivity index (χ2v) is 7.65. The van der Waals surface area contributed by atoms with Crippen LogP contribution >= 0.6 is 0 Å². The van der Waals surface area contributed by atoms with Gasteiger partial charge in [0.05, 0.1) is 18.4 Å².